The Morgan fingerprint density at radius 2 is 2.06 bits per heavy atom. The summed E-state index contributed by atoms with van der Waals surface area (Å²) in [5.74, 6) is 0.182. The minimum absolute atomic E-state index is 0.0546. The van der Waals surface area contributed by atoms with Crippen LogP contribution in [-0.2, 0) is 22.6 Å². The van der Waals surface area contributed by atoms with E-state index in [-0.39, 0.29) is 11.4 Å². The Morgan fingerprint density at radius 3 is 2.61 bits per heavy atom. The topological polar surface area (TPSA) is 38.3 Å². The van der Waals surface area contributed by atoms with Crippen LogP contribution in [0.1, 0.15) is 37.3 Å². The summed E-state index contributed by atoms with van der Waals surface area (Å²) in [4.78, 5) is 11.5. The molecule has 1 amide bonds. The molecule has 1 aliphatic heterocycles. The third-order valence-electron chi connectivity index (χ3n) is 3.86. The molecule has 1 atom stereocenters. The van der Waals surface area contributed by atoms with E-state index in [0.29, 0.717) is 13.0 Å². The van der Waals surface area contributed by atoms with Gasteiger partial charge in [-0.05, 0) is 30.4 Å². The van der Waals surface area contributed by atoms with Crippen LogP contribution in [0.5, 0.6) is 0 Å². The van der Waals surface area contributed by atoms with Crippen LogP contribution >= 0.6 is 0 Å². The molecule has 3 nitrogen and oxygen atoms in total. The minimum atomic E-state index is -0.0546. The monoisotopic (exact) mass is 247 g/mol. The van der Waals surface area contributed by atoms with E-state index < -0.39 is 0 Å². The van der Waals surface area contributed by atoms with Gasteiger partial charge >= 0.3 is 0 Å². The van der Waals surface area contributed by atoms with Gasteiger partial charge in [-0.2, -0.15) is 0 Å². The minimum Gasteiger partial charge on any atom is -0.380 e. The molecular formula is C15H21NO2. The summed E-state index contributed by atoms with van der Waals surface area (Å²) in [6.45, 7) is 2.77. The molecule has 1 saturated heterocycles. The van der Waals surface area contributed by atoms with Crippen molar-refractivity contribution < 1.29 is 9.53 Å². The Labute approximate surface area is 109 Å². The van der Waals surface area contributed by atoms with Crippen LogP contribution in [0.15, 0.2) is 24.3 Å². The molecule has 0 spiro atoms. The quantitative estimate of drug-likeness (QED) is 0.868. The summed E-state index contributed by atoms with van der Waals surface area (Å²) >= 11 is 0. The molecule has 1 aromatic carbocycles. The van der Waals surface area contributed by atoms with E-state index in [1.54, 1.807) is 7.11 Å². The van der Waals surface area contributed by atoms with E-state index in [1.165, 1.54) is 11.1 Å². The highest BCUT2D eigenvalue weighted by Crippen LogP contribution is 2.29. The van der Waals surface area contributed by atoms with E-state index in [2.05, 4.69) is 30.4 Å². The zero-order chi connectivity index (χ0) is 13.0. The molecule has 1 unspecified atom stereocenters. The highest BCUT2D eigenvalue weighted by atomic mass is 16.5. The van der Waals surface area contributed by atoms with Crippen LogP contribution in [0.25, 0.3) is 0 Å². The Hall–Kier alpha value is -1.35. The molecule has 1 heterocycles. The van der Waals surface area contributed by atoms with Gasteiger partial charge in [0.2, 0.25) is 5.91 Å². The van der Waals surface area contributed by atoms with E-state index in [9.17, 15) is 4.79 Å². The van der Waals surface area contributed by atoms with Gasteiger partial charge in [-0.1, -0.05) is 31.2 Å². The third kappa shape index (κ3) is 2.72. The number of hydrogen-bond donors (Lipinski definition) is 1. The number of amides is 1. The number of ether oxygens (including phenoxy) is 1. The highest BCUT2D eigenvalue weighted by Gasteiger charge is 2.36. The van der Waals surface area contributed by atoms with Crippen molar-refractivity contribution >= 4 is 5.91 Å². The molecule has 0 saturated carbocycles. The Balaban J connectivity index is 2.19. The van der Waals surface area contributed by atoms with E-state index in [4.69, 9.17) is 4.74 Å². The second-order valence-corrected chi connectivity index (χ2v) is 5.06. The average Bonchev–Trinajstić information content (AvgIpc) is 2.74. The standard InChI is InChI=1S/C15H21NO2/c1-3-15(9-8-14(17)16-15)10-12-6-4-5-7-13(12)11-18-2/h4-7H,3,8-11H2,1-2H3,(H,16,17). The summed E-state index contributed by atoms with van der Waals surface area (Å²) in [5.41, 5.74) is 2.44. The van der Waals surface area contributed by atoms with E-state index >= 15 is 0 Å². The fraction of sp³-hybridized carbons (Fsp3) is 0.533. The molecule has 2 rings (SSSR count). The second-order valence-electron chi connectivity index (χ2n) is 5.06. The predicted octanol–water partition coefficient (Wildman–Crippen LogP) is 2.43. The molecule has 1 N–H and O–H groups in total. The molecule has 3 heteroatoms. The zero-order valence-corrected chi connectivity index (χ0v) is 11.2. The Morgan fingerprint density at radius 1 is 1.33 bits per heavy atom. The fourth-order valence-electron chi connectivity index (χ4n) is 2.69. The lowest BCUT2D eigenvalue weighted by atomic mass is 9.85. The van der Waals surface area contributed by atoms with Crippen molar-refractivity contribution in [3.63, 3.8) is 0 Å². The number of methoxy groups -OCH3 is 1. The largest absolute Gasteiger partial charge is 0.380 e. The average molecular weight is 247 g/mol. The summed E-state index contributed by atoms with van der Waals surface area (Å²) in [6, 6.07) is 8.31. The maximum Gasteiger partial charge on any atom is 0.220 e. The van der Waals surface area contributed by atoms with Gasteiger partial charge in [0.25, 0.3) is 0 Å². The van der Waals surface area contributed by atoms with Gasteiger partial charge in [0.15, 0.2) is 0 Å². The van der Waals surface area contributed by atoms with Crippen LogP contribution in [0.4, 0.5) is 0 Å². The first kappa shape index (κ1) is 13.1. The van der Waals surface area contributed by atoms with Gasteiger partial charge in [-0.25, -0.2) is 0 Å². The van der Waals surface area contributed by atoms with Crippen molar-refractivity contribution in [2.24, 2.45) is 0 Å². The fourth-order valence-corrected chi connectivity index (χ4v) is 2.69. The van der Waals surface area contributed by atoms with Crippen LogP contribution in [-0.4, -0.2) is 18.6 Å². The molecule has 0 aromatic heterocycles. The molecule has 1 aliphatic rings. The van der Waals surface area contributed by atoms with Gasteiger partial charge in [0.05, 0.1) is 6.61 Å². The summed E-state index contributed by atoms with van der Waals surface area (Å²) < 4.78 is 5.23. The molecule has 18 heavy (non-hydrogen) atoms. The van der Waals surface area contributed by atoms with Crippen LogP contribution in [0, 0.1) is 0 Å². The molecular weight excluding hydrogens is 226 g/mol. The van der Waals surface area contributed by atoms with Crippen molar-refractivity contribution in [1.29, 1.82) is 0 Å². The van der Waals surface area contributed by atoms with E-state index in [0.717, 1.165) is 19.3 Å². The first-order valence-corrected chi connectivity index (χ1v) is 6.56. The molecule has 0 radical (unpaired) electrons. The van der Waals surface area contributed by atoms with Crippen molar-refractivity contribution in [1.82, 2.24) is 5.32 Å². The van der Waals surface area contributed by atoms with Gasteiger partial charge in [-0.15, -0.1) is 0 Å². The first-order chi connectivity index (χ1) is 8.69. The number of benzene rings is 1. The summed E-state index contributed by atoms with van der Waals surface area (Å²) in [7, 11) is 1.71. The lowest BCUT2D eigenvalue weighted by Gasteiger charge is -2.28. The highest BCUT2D eigenvalue weighted by molar-refractivity contribution is 5.79. The number of hydrogen-bond acceptors (Lipinski definition) is 2. The first-order valence-electron chi connectivity index (χ1n) is 6.56. The Bertz CT molecular complexity index is 430. The third-order valence-corrected chi connectivity index (χ3v) is 3.86. The predicted molar refractivity (Wildman–Crippen MR) is 71.3 cm³/mol. The number of nitrogens with one attached hydrogen (secondary N) is 1. The SMILES string of the molecule is CCC1(Cc2ccccc2COC)CCC(=O)N1. The van der Waals surface area contributed by atoms with Crippen molar-refractivity contribution in [3.05, 3.63) is 35.4 Å². The smallest absolute Gasteiger partial charge is 0.220 e. The number of carbonyl (C=O) groups excluding carboxylic acids is 1. The van der Waals surface area contributed by atoms with Gasteiger partial charge < -0.3 is 10.1 Å². The van der Waals surface area contributed by atoms with Crippen molar-refractivity contribution in [3.8, 4) is 0 Å². The molecule has 98 valence electrons. The maximum atomic E-state index is 11.5. The summed E-state index contributed by atoms with van der Waals surface area (Å²) in [6.07, 6.45) is 3.46. The van der Waals surface area contributed by atoms with Crippen molar-refractivity contribution in [2.45, 2.75) is 44.8 Å². The maximum absolute atomic E-state index is 11.5. The molecule has 0 bridgehead atoms. The van der Waals surface area contributed by atoms with Crippen molar-refractivity contribution in [2.75, 3.05) is 7.11 Å². The van der Waals surface area contributed by atoms with Crippen LogP contribution in [0.2, 0.25) is 0 Å². The molecule has 0 aliphatic carbocycles. The second kappa shape index (κ2) is 5.53. The summed E-state index contributed by atoms with van der Waals surface area (Å²) in [5, 5.41) is 3.16. The zero-order valence-electron chi connectivity index (χ0n) is 11.2. The molecule has 1 aromatic rings. The molecule has 1 fully saturated rings. The van der Waals surface area contributed by atoms with Crippen LogP contribution < -0.4 is 5.32 Å². The number of rotatable bonds is 5. The number of carbonyl (C=O) groups is 1. The Kier molecular flexibility index (Phi) is 4.02. The normalized spacial score (nSPS) is 23.1. The van der Waals surface area contributed by atoms with Crippen LogP contribution in [0.3, 0.4) is 0 Å². The van der Waals surface area contributed by atoms with Gasteiger partial charge in [-0.3, -0.25) is 4.79 Å². The lowest BCUT2D eigenvalue weighted by molar-refractivity contribution is -0.119. The van der Waals surface area contributed by atoms with E-state index in [1.807, 2.05) is 6.07 Å². The van der Waals surface area contributed by atoms with Gasteiger partial charge in [0, 0.05) is 19.1 Å². The van der Waals surface area contributed by atoms with Gasteiger partial charge in [0.1, 0.15) is 0 Å². The lowest BCUT2D eigenvalue weighted by Crippen LogP contribution is -2.43.